The number of anilines is 1. The molecule has 0 unspecified atom stereocenters. The van der Waals surface area contributed by atoms with Crippen molar-refractivity contribution in [2.45, 2.75) is 0 Å². The SMILES string of the molecule is Brc1ccc2oc3c4ccccc4c4nc5ccccc5n4c3c2c1.Nc1ccccc1-n1c(=O)c2ccccc2c2oc3ccc(Br)cc3c21. The second-order valence-electron chi connectivity index (χ2n) is 12.4. The Morgan fingerprint density at radius 1 is 0.569 bits per heavy atom. The molecule has 0 aliphatic carbocycles. The molecule has 9 heteroatoms. The maximum absolute atomic E-state index is 13.4. The van der Waals surface area contributed by atoms with Gasteiger partial charge in [0.05, 0.1) is 27.8 Å². The van der Waals surface area contributed by atoms with Crippen LogP contribution in [0.2, 0.25) is 0 Å². The Kier molecular flexibility index (Phi) is 6.65. The van der Waals surface area contributed by atoms with E-state index in [-0.39, 0.29) is 5.56 Å². The number of imidazole rings is 1. The number of aromatic nitrogens is 3. The number of nitrogen functional groups attached to an aromatic ring is 1. The Morgan fingerprint density at radius 3 is 1.82 bits per heavy atom. The lowest BCUT2D eigenvalue weighted by molar-refractivity contribution is 0.671. The molecular formula is C42H24Br2N4O3. The van der Waals surface area contributed by atoms with Crippen molar-refractivity contribution < 1.29 is 8.83 Å². The zero-order valence-corrected chi connectivity index (χ0v) is 29.8. The molecule has 0 saturated heterocycles. The molecule has 0 amide bonds. The summed E-state index contributed by atoms with van der Waals surface area (Å²) in [5, 5.41) is 5.53. The van der Waals surface area contributed by atoms with Gasteiger partial charge in [0.25, 0.3) is 5.56 Å². The third-order valence-electron chi connectivity index (χ3n) is 9.45. The van der Waals surface area contributed by atoms with E-state index in [0.29, 0.717) is 22.3 Å². The third kappa shape index (κ3) is 4.48. The fourth-order valence-electron chi connectivity index (χ4n) is 7.24. The van der Waals surface area contributed by atoms with E-state index in [0.717, 1.165) is 80.3 Å². The molecule has 0 fully saturated rings. The van der Waals surface area contributed by atoms with Gasteiger partial charge in [-0.1, -0.05) is 98.6 Å². The quantitative estimate of drug-likeness (QED) is 0.167. The van der Waals surface area contributed by atoms with E-state index in [1.165, 1.54) is 0 Å². The first kappa shape index (κ1) is 30.0. The Bertz CT molecular complexity index is 3280. The molecule has 51 heavy (non-hydrogen) atoms. The predicted molar refractivity (Wildman–Crippen MR) is 214 cm³/mol. The molecule has 0 aliphatic heterocycles. The van der Waals surface area contributed by atoms with Gasteiger partial charge in [-0.2, -0.15) is 0 Å². The molecule has 11 aromatic rings. The van der Waals surface area contributed by atoms with E-state index >= 15 is 0 Å². The van der Waals surface area contributed by atoms with E-state index in [1.807, 2.05) is 91.0 Å². The summed E-state index contributed by atoms with van der Waals surface area (Å²) in [5.41, 5.74) is 15.3. The van der Waals surface area contributed by atoms with Gasteiger partial charge in [0, 0.05) is 35.9 Å². The number of fused-ring (bicyclic) bond motifs is 15. The Morgan fingerprint density at radius 2 is 1.12 bits per heavy atom. The Hall–Kier alpha value is -5.90. The second kappa shape index (κ2) is 11.3. The highest BCUT2D eigenvalue weighted by atomic mass is 79.9. The topological polar surface area (TPSA) is 91.6 Å². The molecule has 0 atom stereocenters. The maximum Gasteiger partial charge on any atom is 0.263 e. The third-order valence-corrected chi connectivity index (χ3v) is 10.4. The summed E-state index contributed by atoms with van der Waals surface area (Å²) in [6.07, 6.45) is 0. The summed E-state index contributed by atoms with van der Waals surface area (Å²) in [4.78, 5) is 18.3. The van der Waals surface area contributed by atoms with Crippen molar-refractivity contribution in [1.29, 1.82) is 0 Å². The van der Waals surface area contributed by atoms with Gasteiger partial charge in [0.1, 0.15) is 27.8 Å². The highest BCUT2D eigenvalue weighted by molar-refractivity contribution is 9.10. The molecule has 5 aromatic heterocycles. The molecule has 0 spiro atoms. The minimum absolute atomic E-state index is 0.117. The molecule has 2 N–H and O–H groups in total. The standard InChI is InChI=1S/C21H13BrN2O2.C21H11BrN2O/c22-12-9-10-18-15(11-12)19-20(26-18)13-5-1-2-6-14(13)21(25)24(19)17-8-4-3-7-16(17)23;22-12-9-10-18-15(11-12)19-20(25-18)13-5-1-2-6-14(13)21-23-16-7-3-4-8-17(16)24(19)21/h1-11H,23H2;1-11H. The van der Waals surface area contributed by atoms with Crippen LogP contribution in [-0.4, -0.2) is 14.0 Å². The number of rotatable bonds is 1. The van der Waals surface area contributed by atoms with Gasteiger partial charge in [-0.05, 0) is 66.7 Å². The summed E-state index contributed by atoms with van der Waals surface area (Å²) >= 11 is 7.10. The number of nitrogens with two attached hydrogens (primary N) is 1. The zero-order valence-electron chi connectivity index (χ0n) is 26.6. The van der Waals surface area contributed by atoms with Crippen LogP contribution in [0.3, 0.4) is 0 Å². The number of furan rings is 2. The van der Waals surface area contributed by atoms with Crippen LogP contribution in [0.1, 0.15) is 0 Å². The lowest BCUT2D eigenvalue weighted by Crippen LogP contribution is -2.19. The fraction of sp³-hybridized carbons (Fsp3) is 0. The van der Waals surface area contributed by atoms with Gasteiger partial charge in [0.2, 0.25) is 0 Å². The van der Waals surface area contributed by atoms with Gasteiger partial charge in [0.15, 0.2) is 11.2 Å². The maximum atomic E-state index is 13.4. The lowest BCUT2D eigenvalue weighted by atomic mass is 10.1. The van der Waals surface area contributed by atoms with Crippen molar-refractivity contribution >= 4 is 120 Å². The molecular weight excluding hydrogens is 768 g/mol. The van der Waals surface area contributed by atoms with Gasteiger partial charge in [-0.15, -0.1) is 0 Å². The van der Waals surface area contributed by atoms with Crippen LogP contribution in [-0.2, 0) is 0 Å². The van der Waals surface area contributed by atoms with E-state index in [1.54, 1.807) is 10.6 Å². The van der Waals surface area contributed by atoms with Crippen molar-refractivity contribution in [3.05, 3.63) is 153 Å². The normalized spacial score (nSPS) is 11.9. The number of benzene rings is 6. The molecule has 244 valence electrons. The molecule has 0 bridgehead atoms. The monoisotopic (exact) mass is 790 g/mol. The van der Waals surface area contributed by atoms with Crippen molar-refractivity contribution in [3.8, 4) is 5.69 Å². The number of para-hydroxylation sites is 4. The first-order chi connectivity index (χ1) is 25.0. The van der Waals surface area contributed by atoms with Crippen LogP contribution >= 0.6 is 31.9 Å². The zero-order chi connectivity index (χ0) is 34.4. The Balaban J connectivity index is 0.000000128. The van der Waals surface area contributed by atoms with E-state index < -0.39 is 0 Å². The highest BCUT2D eigenvalue weighted by Crippen LogP contribution is 2.39. The summed E-state index contributed by atoms with van der Waals surface area (Å²) in [6, 6.07) is 43.3. The average Bonchev–Trinajstić information content (AvgIpc) is 3.84. The van der Waals surface area contributed by atoms with Crippen LogP contribution in [0.5, 0.6) is 0 Å². The summed E-state index contributed by atoms with van der Waals surface area (Å²) in [5.74, 6) is 0. The average molecular weight is 792 g/mol. The summed E-state index contributed by atoms with van der Waals surface area (Å²) < 4.78 is 18.3. The lowest BCUT2D eigenvalue weighted by Gasteiger charge is -2.12. The molecule has 11 rings (SSSR count). The van der Waals surface area contributed by atoms with Crippen molar-refractivity contribution in [3.63, 3.8) is 0 Å². The number of halogens is 2. The first-order valence-corrected chi connectivity index (χ1v) is 17.8. The Labute approximate surface area is 305 Å². The van der Waals surface area contributed by atoms with E-state index in [4.69, 9.17) is 19.6 Å². The smallest absolute Gasteiger partial charge is 0.263 e. The number of nitrogens with zero attached hydrogens (tertiary/aromatic N) is 3. The van der Waals surface area contributed by atoms with Gasteiger partial charge < -0.3 is 14.6 Å². The van der Waals surface area contributed by atoms with Crippen LogP contribution in [0.25, 0.3) is 88.1 Å². The highest BCUT2D eigenvalue weighted by Gasteiger charge is 2.21. The van der Waals surface area contributed by atoms with E-state index in [2.05, 4.69) is 72.7 Å². The minimum atomic E-state index is -0.117. The molecule has 0 radical (unpaired) electrons. The van der Waals surface area contributed by atoms with Gasteiger partial charge >= 0.3 is 0 Å². The predicted octanol–water partition coefficient (Wildman–Crippen LogP) is 11.5. The minimum Gasteiger partial charge on any atom is -0.454 e. The van der Waals surface area contributed by atoms with E-state index in [9.17, 15) is 4.79 Å². The second-order valence-corrected chi connectivity index (χ2v) is 14.2. The van der Waals surface area contributed by atoms with Crippen LogP contribution in [0.15, 0.2) is 156 Å². The van der Waals surface area contributed by atoms with Crippen LogP contribution in [0.4, 0.5) is 5.69 Å². The van der Waals surface area contributed by atoms with Gasteiger partial charge in [-0.25, -0.2) is 4.98 Å². The van der Waals surface area contributed by atoms with Crippen LogP contribution in [0, 0.1) is 0 Å². The first-order valence-electron chi connectivity index (χ1n) is 16.3. The largest absolute Gasteiger partial charge is 0.454 e. The molecule has 5 heterocycles. The number of pyridine rings is 2. The summed E-state index contributed by atoms with van der Waals surface area (Å²) in [6.45, 7) is 0. The molecule has 7 nitrogen and oxygen atoms in total. The van der Waals surface area contributed by atoms with Crippen molar-refractivity contribution in [1.82, 2.24) is 14.0 Å². The molecule has 0 aliphatic rings. The molecule has 0 saturated carbocycles. The summed E-state index contributed by atoms with van der Waals surface area (Å²) in [7, 11) is 0. The molecule has 6 aromatic carbocycles. The van der Waals surface area contributed by atoms with Crippen LogP contribution < -0.4 is 11.3 Å². The fourth-order valence-corrected chi connectivity index (χ4v) is 7.96. The number of hydrogen-bond acceptors (Lipinski definition) is 5. The van der Waals surface area contributed by atoms with Crippen molar-refractivity contribution in [2.75, 3.05) is 5.73 Å². The number of hydrogen-bond donors (Lipinski definition) is 1. The van der Waals surface area contributed by atoms with Crippen molar-refractivity contribution in [2.24, 2.45) is 0 Å². The van der Waals surface area contributed by atoms with Gasteiger partial charge in [-0.3, -0.25) is 13.8 Å².